The summed E-state index contributed by atoms with van der Waals surface area (Å²) < 4.78 is 23.0. The molecule has 0 saturated carbocycles. The zero-order valence-corrected chi connectivity index (χ0v) is 16.9. The number of nitrogens with zero attached hydrogens (tertiary/aromatic N) is 3. The van der Waals surface area contributed by atoms with Crippen molar-refractivity contribution >= 4 is 32.2 Å². The quantitative estimate of drug-likeness (QED) is 0.776. The molecular weight excluding hydrogens is 370 g/mol. The van der Waals surface area contributed by atoms with Crippen LogP contribution in [-0.4, -0.2) is 61.9 Å². The molecule has 1 aromatic heterocycles. The molecule has 6 nitrogen and oxygen atoms in total. The fraction of sp³-hybridized carbons (Fsp3) is 0.778. The Morgan fingerprint density at radius 1 is 1.19 bits per heavy atom. The maximum Gasteiger partial charge on any atom is 0.223 e. The molecule has 1 aromatic rings. The van der Waals surface area contributed by atoms with E-state index in [9.17, 15) is 13.2 Å². The average molecular weight is 398 g/mol. The number of carbonyl (C=O) groups excluding carboxylic acids is 1. The van der Waals surface area contributed by atoms with Gasteiger partial charge in [0.1, 0.15) is 9.84 Å². The van der Waals surface area contributed by atoms with E-state index in [2.05, 4.69) is 4.90 Å². The molecule has 8 heteroatoms. The van der Waals surface area contributed by atoms with Gasteiger partial charge in [-0.05, 0) is 44.4 Å². The summed E-state index contributed by atoms with van der Waals surface area (Å²) in [6.45, 7) is 2.46. The number of thiazole rings is 1. The Morgan fingerprint density at radius 2 is 1.92 bits per heavy atom. The molecule has 3 heterocycles. The highest BCUT2D eigenvalue weighted by Crippen LogP contribution is 2.34. The number of sulfone groups is 1. The van der Waals surface area contributed by atoms with Gasteiger partial charge in [0.15, 0.2) is 5.13 Å². The van der Waals surface area contributed by atoms with Crippen LogP contribution in [0.4, 0.5) is 5.13 Å². The number of likely N-dealkylation sites (tertiary alicyclic amines) is 1. The molecule has 144 valence electrons. The third-order valence-corrected chi connectivity index (χ3v) is 8.08. The summed E-state index contributed by atoms with van der Waals surface area (Å²) in [6.07, 6.45) is 8.36. The number of amides is 1. The Morgan fingerprint density at radius 3 is 2.62 bits per heavy atom. The van der Waals surface area contributed by atoms with Gasteiger partial charge in [0.2, 0.25) is 5.91 Å². The minimum Gasteiger partial charge on any atom is -0.348 e. The first-order chi connectivity index (χ1) is 12.4. The van der Waals surface area contributed by atoms with Gasteiger partial charge in [0, 0.05) is 43.2 Å². The number of hydrogen-bond donors (Lipinski definition) is 0. The second kappa shape index (κ2) is 7.11. The smallest absolute Gasteiger partial charge is 0.223 e. The second-order valence-electron chi connectivity index (χ2n) is 8.00. The van der Waals surface area contributed by atoms with E-state index in [1.807, 2.05) is 16.2 Å². The van der Waals surface area contributed by atoms with Gasteiger partial charge in [-0.1, -0.05) is 0 Å². The lowest BCUT2D eigenvalue weighted by Crippen LogP contribution is -2.45. The summed E-state index contributed by atoms with van der Waals surface area (Å²) >= 11 is 1.85. The van der Waals surface area contributed by atoms with Crippen LogP contribution in [0, 0.1) is 5.92 Å². The number of rotatable bonds is 4. The van der Waals surface area contributed by atoms with E-state index in [0.717, 1.165) is 37.5 Å². The average Bonchev–Trinajstić information content (AvgIpc) is 3.17. The predicted octanol–water partition coefficient (Wildman–Crippen LogP) is 1.88. The molecule has 0 spiro atoms. The summed E-state index contributed by atoms with van der Waals surface area (Å²) in [5, 5.41) is 1.15. The van der Waals surface area contributed by atoms with E-state index in [0.29, 0.717) is 13.0 Å². The monoisotopic (exact) mass is 397 g/mol. The molecule has 1 unspecified atom stereocenters. The SMILES string of the molecule is CS(=O)(=O)CC1CC(=O)N(C2CCN(c3nc4c(s3)CCCC4)CC2)C1. The molecule has 2 fully saturated rings. The van der Waals surface area contributed by atoms with Gasteiger partial charge in [-0.15, -0.1) is 11.3 Å². The summed E-state index contributed by atoms with van der Waals surface area (Å²) in [7, 11) is -3.03. The predicted molar refractivity (Wildman–Crippen MR) is 104 cm³/mol. The minimum atomic E-state index is -3.03. The Kier molecular flexibility index (Phi) is 4.98. The number of piperidine rings is 1. The van der Waals surface area contributed by atoms with Crippen LogP contribution in [0.1, 0.15) is 42.7 Å². The highest BCUT2D eigenvalue weighted by Gasteiger charge is 2.37. The Balaban J connectivity index is 1.35. The number of aromatic nitrogens is 1. The second-order valence-corrected chi connectivity index (χ2v) is 11.2. The molecule has 0 N–H and O–H groups in total. The van der Waals surface area contributed by atoms with E-state index < -0.39 is 9.84 Å². The van der Waals surface area contributed by atoms with Crippen LogP contribution in [0.5, 0.6) is 0 Å². The number of carbonyl (C=O) groups is 1. The van der Waals surface area contributed by atoms with E-state index in [1.165, 1.54) is 36.1 Å². The van der Waals surface area contributed by atoms with Crippen molar-refractivity contribution in [2.45, 2.75) is 51.0 Å². The number of fused-ring (bicyclic) bond motifs is 1. The Labute approximate surface area is 159 Å². The van der Waals surface area contributed by atoms with Crippen LogP contribution in [0.2, 0.25) is 0 Å². The lowest BCUT2D eigenvalue weighted by Gasteiger charge is -2.36. The van der Waals surface area contributed by atoms with Gasteiger partial charge in [0.05, 0.1) is 11.4 Å². The number of hydrogen-bond acceptors (Lipinski definition) is 6. The fourth-order valence-corrected chi connectivity index (χ4v) is 6.82. The van der Waals surface area contributed by atoms with Gasteiger partial charge in [0.25, 0.3) is 0 Å². The van der Waals surface area contributed by atoms with E-state index >= 15 is 0 Å². The highest BCUT2D eigenvalue weighted by molar-refractivity contribution is 7.90. The molecule has 1 amide bonds. The van der Waals surface area contributed by atoms with E-state index in [-0.39, 0.29) is 23.6 Å². The maximum absolute atomic E-state index is 12.4. The van der Waals surface area contributed by atoms with Gasteiger partial charge in [-0.3, -0.25) is 4.79 Å². The summed E-state index contributed by atoms with van der Waals surface area (Å²) in [5.74, 6) is 0.210. The first-order valence-electron chi connectivity index (χ1n) is 9.60. The first kappa shape index (κ1) is 18.2. The largest absolute Gasteiger partial charge is 0.348 e. The molecule has 0 aromatic carbocycles. The van der Waals surface area contributed by atoms with E-state index in [4.69, 9.17) is 4.98 Å². The standard InChI is InChI=1S/C18H27N3O3S2/c1-26(23,24)12-13-10-17(22)21(11-13)14-6-8-20(9-7-14)18-19-15-4-2-3-5-16(15)25-18/h13-14H,2-12H2,1H3. The van der Waals surface area contributed by atoms with Gasteiger partial charge < -0.3 is 9.80 Å². The van der Waals surface area contributed by atoms with Crippen molar-refractivity contribution in [3.8, 4) is 0 Å². The van der Waals surface area contributed by atoms with Crippen LogP contribution in [0.15, 0.2) is 0 Å². The topological polar surface area (TPSA) is 70.6 Å². The van der Waals surface area contributed by atoms with Crippen LogP contribution in [0.25, 0.3) is 0 Å². The van der Waals surface area contributed by atoms with Crippen molar-refractivity contribution in [1.29, 1.82) is 0 Å². The zero-order valence-electron chi connectivity index (χ0n) is 15.3. The van der Waals surface area contributed by atoms with Crippen molar-refractivity contribution < 1.29 is 13.2 Å². The van der Waals surface area contributed by atoms with Crippen molar-refractivity contribution in [1.82, 2.24) is 9.88 Å². The zero-order chi connectivity index (χ0) is 18.3. The summed E-state index contributed by atoms with van der Waals surface area (Å²) in [6, 6.07) is 0.248. The van der Waals surface area contributed by atoms with Gasteiger partial charge in [-0.2, -0.15) is 0 Å². The maximum atomic E-state index is 12.4. The van der Waals surface area contributed by atoms with Crippen molar-refractivity contribution in [3.63, 3.8) is 0 Å². The van der Waals surface area contributed by atoms with Crippen LogP contribution in [-0.2, 0) is 27.5 Å². The molecule has 26 heavy (non-hydrogen) atoms. The van der Waals surface area contributed by atoms with Crippen molar-refractivity contribution in [2.75, 3.05) is 36.5 Å². The Bertz CT molecular complexity index is 758. The van der Waals surface area contributed by atoms with Gasteiger partial charge in [-0.25, -0.2) is 13.4 Å². The fourth-order valence-electron chi connectivity index (χ4n) is 4.54. The molecule has 2 saturated heterocycles. The molecule has 3 aliphatic rings. The Hall–Kier alpha value is -1.15. The molecule has 0 bridgehead atoms. The normalized spacial score (nSPS) is 25.0. The third-order valence-electron chi connectivity index (χ3n) is 5.79. The van der Waals surface area contributed by atoms with Crippen molar-refractivity contribution in [3.05, 3.63) is 10.6 Å². The number of aryl methyl sites for hydroxylation is 2. The molecular formula is C18H27N3O3S2. The number of anilines is 1. The minimum absolute atomic E-state index is 0.0405. The summed E-state index contributed by atoms with van der Waals surface area (Å²) in [4.78, 5) is 23.0. The van der Waals surface area contributed by atoms with Gasteiger partial charge >= 0.3 is 0 Å². The van der Waals surface area contributed by atoms with Crippen molar-refractivity contribution in [2.24, 2.45) is 5.92 Å². The molecule has 1 aliphatic carbocycles. The van der Waals surface area contributed by atoms with E-state index in [1.54, 1.807) is 0 Å². The lowest BCUT2D eigenvalue weighted by molar-refractivity contribution is -0.130. The highest BCUT2D eigenvalue weighted by atomic mass is 32.2. The van der Waals surface area contributed by atoms with Crippen LogP contribution in [0.3, 0.4) is 0 Å². The molecule has 2 aliphatic heterocycles. The molecule has 4 rings (SSSR count). The third kappa shape index (κ3) is 3.91. The summed E-state index contributed by atoms with van der Waals surface area (Å²) in [5.41, 5.74) is 1.30. The lowest BCUT2D eigenvalue weighted by atomic mass is 10.0. The molecule has 0 radical (unpaired) electrons. The van der Waals surface area contributed by atoms with Crippen LogP contribution >= 0.6 is 11.3 Å². The molecule has 1 atom stereocenters. The first-order valence-corrected chi connectivity index (χ1v) is 12.5. The van der Waals surface area contributed by atoms with Crippen LogP contribution < -0.4 is 4.90 Å².